The fourth-order valence-corrected chi connectivity index (χ4v) is 4.34. The van der Waals surface area contributed by atoms with Crippen molar-refractivity contribution in [3.63, 3.8) is 0 Å². The van der Waals surface area contributed by atoms with Crippen molar-refractivity contribution in [1.29, 1.82) is 0 Å². The summed E-state index contributed by atoms with van der Waals surface area (Å²) >= 11 is 1.56. The first-order valence-electron chi connectivity index (χ1n) is 8.06. The maximum Gasteiger partial charge on any atom is 0.264 e. The van der Waals surface area contributed by atoms with Gasteiger partial charge in [0.15, 0.2) is 0 Å². The second kappa shape index (κ2) is 6.38. The number of aryl methyl sites for hydroxylation is 2. The number of thiophene rings is 1. The predicted octanol–water partition coefficient (Wildman–Crippen LogP) is 2.55. The van der Waals surface area contributed by atoms with Crippen molar-refractivity contribution in [2.45, 2.75) is 39.2 Å². The Kier molecular flexibility index (Phi) is 4.49. The van der Waals surface area contributed by atoms with Crippen LogP contribution in [-0.2, 0) is 7.05 Å². The van der Waals surface area contributed by atoms with E-state index >= 15 is 0 Å². The van der Waals surface area contributed by atoms with Crippen molar-refractivity contribution < 1.29 is 4.79 Å². The number of carbonyl (C=O) groups excluding carboxylic acids is 1. The fourth-order valence-electron chi connectivity index (χ4n) is 3.26. The smallest absolute Gasteiger partial charge is 0.264 e. The molecule has 1 amide bonds. The number of nitrogens with one attached hydrogen (secondary N) is 1. The molecule has 3 rings (SSSR count). The van der Waals surface area contributed by atoms with Crippen molar-refractivity contribution in [1.82, 2.24) is 20.0 Å². The summed E-state index contributed by atoms with van der Waals surface area (Å²) in [5.41, 5.74) is 0.997. The van der Waals surface area contributed by atoms with Gasteiger partial charge in [0.2, 0.25) is 0 Å². The number of rotatable bonds is 4. The molecule has 5 nitrogen and oxygen atoms in total. The number of hydrogen-bond acceptors (Lipinski definition) is 4. The molecule has 1 saturated heterocycles. The quantitative estimate of drug-likeness (QED) is 0.942. The SMILES string of the molecule is CCCN(C(=O)c1cc2c(C)nn(C)c2s1)C1CCNCC1. The van der Waals surface area contributed by atoms with E-state index in [1.165, 1.54) is 0 Å². The lowest BCUT2D eigenvalue weighted by atomic mass is 10.0. The molecule has 1 N–H and O–H groups in total. The van der Waals surface area contributed by atoms with Gasteiger partial charge >= 0.3 is 0 Å². The monoisotopic (exact) mass is 320 g/mol. The van der Waals surface area contributed by atoms with E-state index in [2.05, 4.69) is 22.2 Å². The topological polar surface area (TPSA) is 50.2 Å². The van der Waals surface area contributed by atoms with Crippen LogP contribution in [0.4, 0.5) is 0 Å². The van der Waals surface area contributed by atoms with Crippen LogP contribution in [0.15, 0.2) is 6.07 Å². The molecule has 2 aromatic heterocycles. The van der Waals surface area contributed by atoms with E-state index in [9.17, 15) is 4.79 Å². The first-order chi connectivity index (χ1) is 10.6. The van der Waals surface area contributed by atoms with Gasteiger partial charge in [0.1, 0.15) is 4.83 Å². The Bertz CT molecular complexity index is 635. The third kappa shape index (κ3) is 2.77. The molecule has 0 spiro atoms. The Morgan fingerprint density at radius 2 is 2.23 bits per heavy atom. The maximum atomic E-state index is 13.0. The van der Waals surface area contributed by atoms with Gasteiger partial charge in [-0.25, -0.2) is 0 Å². The number of carbonyl (C=O) groups is 1. The minimum absolute atomic E-state index is 0.189. The molecule has 3 heterocycles. The van der Waals surface area contributed by atoms with Crippen LogP contribution in [0.2, 0.25) is 0 Å². The highest BCUT2D eigenvalue weighted by molar-refractivity contribution is 7.20. The first-order valence-corrected chi connectivity index (χ1v) is 8.88. The molecule has 0 atom stereocenters. The Morgan fingerprint density at radius 3 is 2.86 bits per heavy atom. The van der Waals surface area contributed by atoms with Crippen LogP contribution in [0.1, 0.15) is 41.6 Å². The van der Waals surface area contributed by atoms with Crippen LogP contribution < -0.4 is 5.32 Å². The number of fused-ring (bicyclic) bond motifs is 1. The molecule has 1 aliphatic heterocycles. The fraction of sp³-hybridized carbons (Fsp3) is 0.625. The molecule has 0 unspecified atom stereocenters. The second-order valence-electron chi connectivity index (χ2n) is 6.02. The Morgan fingerprint density at radius 1 is 1.50 bits per heavy atom. The molecule has 1 aliphatic rings. The predicted molar refractivity (Wildman–Crippen MR) is 90.5 cm³/mol. The molecule has 120 valence electrons. The van der Waals surface area contributed by atoms with E-state index in [-0.39, 0.29) is 5.91 Å². The number of amides is 1. The van der Waals surface area contributed by atoms with E-state index in [1.807, 2.05) is 24.7 Å². The summed E-state index contributed by atoms with van der Waals surface area (Å²) < 4.78 is 1.88. The van der Waals surface area contributed by atoms with Crippen molar-refractivity contribution in [3.8, 4) is 0 Å². The van der Waals surface area contributed by atoms with Crippen molar-refractivity contribution in [2.24, 2.45) is 7.05 Å². The van der Waals surface area contributed by atoms with Gasteiger partial charge < -0.3 is 10.2 Å². The Hall–Kier alpha value is -1.40. The molecule has 0 saturated carbocycles. The maximum absolute atomic E-state index is 13.0. The highest BCUT2D eigenvalue weighted by Crippen LogP contribution is 2.29. The van der Waals surface area contributed by atoms with E-state index < -0.39 is 0 Å². The van der Waals surface area contributed by atoms with Crippen LogP contribution in [0.3, 0.4) is 0 Å². The zero-order valence-electron chi connectivity index (χ0n) is 13.6. The minimum atomic E-state index is 0.189. The first kappa shape index (κ1) is 15.5. The van der Waals surface area contributed by atoms with Crippen LogP contribution in [0, 0.1) is 6.92 Å². The largest absolute Gasteiger partial charge is 0.335 e. The molecular weight excluding hydrogens is 296 g/mol. The molecular formula is C16H24N4OS. The minimum Gasteiger partial charge on any atom is -0.335 e. The number of piperidine rings is 1. The summed E-state index contributed by atoms with van der Waals surface area (Å²) in [7, 11) is 1.94. The zero-order chi connectivity index (χ0) is 15.7. The highest BCUT2D eigenvalue weighted by Gasteiger charge is 2.27. The number of hydrogen-bond donors (Lipinski definition) is 1. The van der Waals surface area contributed by atoms with Crippen molar-refractivity contribution in [3.05, 3.63) is 16.6 Å². The third-order valence-electron chi connectivity index (χ3n) is 4.38. The van der Waals surface area contributed by atoms with Gasteiger partial charge in [-0.05, 0) is 45.3 Å². The van der Waals surface area contributed by atoms with Crippen molar-refractivity contribution in [2.75, 3.05) is 19.6 Å². The van der Waals surface area contributed by atoms with Crippen LogP contribution in [-0.4, -0.2) is 46.3 Å². The van der Waals surface area contributed by atoms with E-state index in [4.69, 9.17) is 0 Å². The normalized spacial score (nSPS) is 16.3. The average molecular weight is 320 g/mol. The van der Waals surface area contributed by atoms with Crippen LogP contribution in [0.25, 0.3) is 10.2 Å². The molecule has 6 heteroatoms. The summed E-state index contributed by atoms with van der Waals surface area (Å²) in [6.45, 7) is 7.00. The average Bonchev–Trinajstić information content (AvgIpc) is 3.07. The number of aromatic nitrogens is 2. The standard InChI is InChI=1S/C16H24N4OS/c1-4-9-20(12-5-7-17-8-6-12)15(21)14-10-13-11(2)18-19(3)16(13)22-14/h10,12,17H,4-9H2,1-3H3. The molecule has 1 fully saturated rings. The Labute approximate surface area is 135 Å². The molecule has 0 aromatic carbocycles. The Balaban J connectivity index is 1.88. The van der Waals surface area contributed by atoms with Gasteiger partial charge in [-0.2, -0.15) is 5.10 Å². The molecule has 0 radical (unpaired) electrons. The van der Waals surface area contributed by atoms with Gasteiger partial charge in [-0.3, -0.25) is 9.48 Å². The van der Waals surface area contributed by atoms with Gasteiger partial charge in [0.05, 0.1) is 10.6 Å². The van der Waals surface area contributed by atoms with Crippen molar-refractivity contribution >= 4 is 27.5 Å². The number of nitrogens with zero attached hydrogens (tertiary/aromatic N) is 3. The molecule has 0 bridgehead atoms. The summed E-state index contributed by atoms with van der Waals surface area (Å²) in [4.78, 5) is 17.0. The van der Waals surface area contributed by atoms with Gasteiger partial charge in [-0.1, -0.05) is 6.92 Å². The molecule has 22 heavy (non-hydrogen) atoms. The summed E-state index contributed by atoms with van der Waals surface area (Å²) in [5.74, 6) is 0.189. The zero-order valence-corrected chi connectivity index (χ0v) is 14.4. The van der Waals surface area contributed by atoms with Gasteiger partial charge in [0.25, 0.3) is 5.91 Å². The van der Waals surface area contributed by atoms with Gasteiger partial charge in [-0.15, -0.1) is 11.3 Å². The van der Waals surface area contributed by atoms with Crippen LogP contribution >= 0.6 is 11.3 Å². The van der Waals surface area contributed by atoms with Gasteiger partial charge in [0, 0.05) is 25.0 Å². The highest BCUT2D eigenvalue weighted by atomic mass is 32.1. The van der Waals surface area contributed by atoms with E-state index in [0.717, 1.165) is 59.7 Å². The summed E-state index contributed by atoms with van der Waals surface area (Å²) in [5, 5.41) is 8.90. The van der Waals surface area contributed by atoms with E-state index in [0.29, 0.717) is 6.04 Å². The van der Waals surface area contributed by atoms with E-state index in [1.54, 1.807) is 11.3 Å². The lowest BCUT2D eigenvalue weighted by molar-refractivity contribution is 0.0648. The molecule has 0 aliphatic carbocycles. The summed E-state index contributed by atoms with van der Waals surface area (Å²) in [6, 6.07) is 2.40. The lowest BCUT2D eigenvalue weighted by Gasteiger charge is -2.34. The third-order valence-corrected chi connectivity index (χ3v) is 5.57. The second-order valence-corrected chi connectivity index (χ2v) is 7.05. The van der Waals surface area contributed by atoms with Crippen LogP contribution in [0.5, 0.6) is 0 Å². The molecule has 2 aromatic rings. The summed E-state index contributed by atoms with van der Waals surface area (Å²) in [6.07, 6.45) is 3.11. The lowest BCUT2D eigenvalue weighted by Crippen LogP contribution is -2.46.